The van der Waals surface area contributed by atoms with Crippen molar-refractivity contribution in [1.82, 2.24) is 4.31 Å². The zero-order valence-corrected chi connectivity index (χ0v) is 18.1. The Bertz CT molecular complexity index is 903. The fourth-order valence-electron chi connectivity index (χ4n) is 2.75. The number of nitrogens with zero attached hydrogens (tertiary/aromatic N) is 1. The summed E-state index contributed by atoms with van der Waals surface area (Å²) in [5.74, 6) is -1.50. The van der Waals surface area contributed by atoms with Gasteiger partial charge < -0.3 is 9.47 Å². The van der Waals surface area contributed by atoms with Gasteiger partial charge in [-0.2, -0.15) is 4.31 Å². The summed E-state index contributed by atoms with van der Waals surface area (Å²) in [7, 11) is -4.40. The van der Waals surface area contributed by atoms with Crippen LogP contribution in [0.1, 0.15) is 55.8 Å². The standard InChI is InChI=1S/C17H24N2O7S2/c1-6-8-9-26-15(21)17(4,5)19-16(22)18-13-12(28(19,23)24)10(3)11(27-13)14(20)25-7-2/h6-9H2,1-5H3,(H,18,22). The van der Waals surface area contributed by atoms with Crippen LogP contribution in [0.15, 0.2) is 4.90 Å². The average molecular weight is 433 g/mol. The maximum Gasteiger partial charge on any atom is 0.348 e. The number of anilines is 1. The zero-order chi connectivity index (χ0) is 21.3. The highest BCUT2D eigenvalue weighted by atomic mass is 32.2. The van der Waals surface area contributed by atoms with Crippen molar-refractivity contribution < 1.29 is 32.3 Å². The van der Waals surface area contributed by atoms with Crippen LogP contribution in [0.3, 0.4) is 0 Å². The Morgan fingerprint density at radius 2 is 1.86 bits per heavy atom. The normalized spacial score (nSPS) is 15.6. The van der Waals surface area contributed by atoms with Crippen molar-refractivity contribution in [3.8, 4) is 0 Å². The van der Waals surface area contributed by atoms with Gasteiger partial charge in [-0.25, -0.2) is 22.8 Å². The average Bonchev–Trinajstić information content (AvgIpc) is 2.91. The van der Waals surface area contributed by atoms with Crippen LogP contribution in [0.5, 0.6) is 0 Å². The SMILES string of the molecule is CCCCOC(=O)C(C)(C)N1C(=O)Nc2sc(C(=O)OCC)c(C)c2S1(=O)=O. The molecule has 1 aromatic rings. The summed E-state index contributed by atoms with van der Waals surface area (Å²) in [6.45, 7) is 7.88. The number of urea groups is 1. The lowest BCUT2D eigenvalue weighted by molar-refractivity contribution is -0.152. The summed E-state index contributed by atoms with van der Waals surface area (Å²) in [5.41, 5.74) is -1.61. The topological polar surface area (TPSA) is 119 Å². The molecule has 0 bridgehead atoms. The van der Waals surface area contributed by atoms with Crippen molar-refractivity contribution in [3.63, 3.8) is 0 Å². The highest BCUT2D eigenvalue weighted by molar-refractivity contribution is 7.90. The fraction of sp³-hybridized carbons (Fsp3) is 0.588. The number of fused-ring (bicyclic) bond motifs is 1. The summed E-state index contributed by atoms with van der Waals surface area (Å²) >= 11 is 0.825. The predicted molar refractivity (Wildman–Crippen MR) is 103 cm³/mol. The molecule has 0 atom stereocenters. The summed E-state index contributed by atoms with van der Waals surface area (Å²) in [5, 5.41) is 2.49. The fourth-order valence-corrected chi connectivity index (χ4v) is 6.14. The van der Waals surface area contributed by atoms with Crippen molar-refractivity contribution in [2.75, 3.05) is 18.5 Å². The highest BCUT2D eigenvalue weighted by Crippen LogP contribution is 2.43. The Balaban J connectivity index is 2.48. The largest absolute Gasteiger partial charge is 0.464 e. The molecule has 11 heteroatoms. The molecule has 156 valence electrons. The second kappa shape index (κ2) is 8.08. The van der Waals surface area contributed by atoms with Gasteiger partial charge in [0.15, 0.2) is 5.54 Å². The summed E-state index contributed by atoms with van der Waals surface area (Å²) < 4.78 is 37.0. The number of amides is 2. The van der Waals surface area contributed by atoms with Crippen LogP contribution in [0.25, 0.3) is 0 Å². The van der Waals surface area contributed by atoms with Gasteiger partial charge in [0, 0.05) is 0 Å². The molecular weight excluding hydrogens is 408 g/mol. The summed E-state index contributed by atoms with van der Waals surface area (Å²) in [4.78, 5) is 37.0. The number of ether oxygens (including phenoxy) is 2. The molecule has 2 heterocycles. The zero-order valence-electron chi connectivity index (χ0n) is 16.4. The minimum absolute atomic E-state index is 0.0250. The molecule has 0 fully saturated rings. The Morgan fingerprint density at radius 3 is 2.43 bits per heavy atom. The molecule has 0 saturated heterocycles. The second-order valence-electron chi connectivity index (χ2n) is 6.68. The summed E-state index contributed by atoms with van der Waals surface area (Å²) in [6, 6.07) is -0.985. The number of sulfonamides is 1. The number of unbranched alkanes of at least 4 members (excludes halogenated alkanes) is 1. The third kappa shape index (κ3) is 3.72. The van der Waals surface area contributed by atoms with E-state index < -0.39 is 33.5 Å². The van der Waals surface area contributed by atoms with Crippen LogP contribution in [0.4, 0.5) is 9.80 Å². The maximum atomic E-state index is 13.2. The highest BCUT2D eigenvalue weighted by Gasteiger charge is 2.52. The minimum atomic E-state index is -4.40. The van der Waals surface area contributed by atoms with Crippen LogP contribution in [-0.2, 0) is 24.3 Å². The van der Waals surface area contributed by atoms with E-state index in [0.29, 0.717) is 10.7 Å². The number of carbonyl (C=O) groups excluding carboxylic acids is 3. The predicted octanol–water partition coefficient (Wildman–Crippen LogP) is 2.89. The lowest BCUT2D eigenvalue weighted by atomic mass is 10.1. The van der Waals surface area contributed by atoms with Crippen LogP contribution in [0, 0.1) is 6.92 Å². The van der Waals surface area contributed by atoms with E-state index in [1.165, 1.54) is 20.8 Å². The first kappa shape index (κ1) is 22.2. The Hall–Kier alpha value is -2.14. The number of carbonyl (C=O) groups is 3. The Morgan fingerprint density at radius 1 is 1.21 bits per heavy atom. The Kier molecular flexibility index (Phi) is 6.39. The van der Waals surface area contributed by atoms with Gasteiger partial charge in [-0.05, 0) is 39.7 Å². The molecular formula is C17H24N2O7S2. The molecule has 2 rings (SSSR count). The van der Waals surface area contributed by atoms with E-state index >= 15 is 0 Å². The van der Waals surface area contributed by atoms with E-state index in [9.17, 15) is 22.8 Å². The van der Waals surface area contributed by atoms with E-state index in [2.05, 4.69) is 5.32 Å². The number of rotatable bonds is 7. The molecule has 28 heavy (non-hydrogen) atoms. The number of esters is 2. The smallest absolute Gasteiger partial charge is 0.348 e. The quantitative estimate of drug-likeness (QED) is 0.520. The monoisotopic (exact) mass is 432 g/mol. The molecule has 9 nitrogen and oxygen atoms in total. The molecule has 1 aliphatic heterocycles. The lowest BCUT2D eigenvalue weighted by Gasteiger charge is -2.37. The van der Waals surface area contributed by atoms with Gasteiger partial charge in [-0.15, -0.1) is 11.3 Å². The molecule has 1 N–H and O–H groups in total. The van der Waals surface area contributed by atoms with E-state index in [-0.39, 0.29) is 33.6 Å². The number of hydrogen-bond acceptors (Lipinski definition) is 8. The van der Waals surface area contributed by atoms with E-state index in [1.54, 1.807) is 6.92 Å². The molecule has 0 spiro atoms. The van der Waals surface area contributed by atoms with Crippen LogP contribution in [0.2, 0.25) is 0 Å². The van der Waals surface area contributed by atoms with Gasteiger partial charge in [-0.3, -0.25) is 5.32 Å². The second-order valence-corrected chi connectivity index (χ2v) is 9.43. The first-order valence-electron chi connectivity index (χ1n) is 8.84. The molecule has 0 aliphatic carbocycles. The molecule has 2 amide bonds. The molecule has 1 aromatic heterocycles. The van der Waals surface area contributed by atoms with Crippen LogP contribution in [-0.4, -0.2) is 49.4 Å². The molecule has 0 unspecified atom stereocenters. The number of hydrogen-bond donors (Lipinski definition) is 1. The van der Waals surface area contributed by atoms with Crippen LogP contribution < -0.4 is 5.32 Å². The first-order valence-corrected chi connectivity index (χ1v) is 11.1. The molecule has 0 radical (unpaired) electrons. The van der Waals surface area contributed by atoms with Crippen molar-refractivity contribution in [2.45, 2.75) is 57.9 Å². The minimum Gasteiger partial charge on any atom is -0.464 e. The molecule has 0 saturated carbocycles. The van der Waals surface area contributed by atoms with E-state index in [1.807, 2.05) is 6.92 Å². The van der Waals surface area contributed by atoms with Crippen molar-refractivity contribution in [3.05, 3.63) is 10.4 Å². The van der Waals surface area contributed by atoms with Gasteiger partial charge in [0.25, 0.3) is 10.0 Å². The van der Waals surface area contributed by atoms with Crippen molar-refractivity contribution >= 4 is 44.3 Å². The van der Waals surface area contributed by atoms with Crippen molar-refractivity contribution in [2.24, 2.45) is 0 Å². The van der Waals surface area contributed by atoms with Crippen LogP contribution >= 0.6 is 11.3 Å². The number of nitrogens with one attached hydrogen (secondary N) is 1. The van der Waals surface area contributed by atoms with Gasteiger partial charge in [0.05, 0.1) is 13.2 Å². The molecule has 0 aromatic carbocycles. The number of thiophene rings is 1. The van der Waals surface area contributed by atoms with E-state index in [0.717, 1.165) is 17.8 Å². The third-order valence-corrected chi connectivity index (χ3v) is 7.64. The molecule has 1 aliphatic rings. The van der Waals surface area contributed by atoms with Gasteiger partial charge >= 0.3 is 18.0 Å². The summed E-state index contributed by atoms with van der Waals surface area (Å²) in [6.07, 6.45) is 1.42. The third-order valence-electron chi connectivity index (χ3n) is 4.19. The van der Waals surface area contributed by atoms with E-state index in [4.69, 9.17) is 9.47 Å². The Labute approximate surface area is 168 Å². The first-order chi connectivity index (χ1) is 13.0. The maximum absolute atomic E-state index is 13.2. The van der Waals surface area contributed by atoms with Gasteiger partial charge in [0.2, 0.25) is 0 Å². The van der Waals surface area contributed by atoms with Gasteiger partial charge in [-0.1, -0.05) is 13.3 Å². The lowest BCUT2D eigenvalue weighted by Crippen LogP contribution is -2.59. The van der Waals surface area contributed by atoms with Gasteiger partial charge in [0.1, 0.15) is 14.8 Å². The van der Waals surface area contributed by atoms with Crippen molar-refractivity contribution in [1.29, 1.82) is 0 Å².